The lowest BCUT2D eigenvalue weighted by Crippen LogP contribution is -2.11. The second-order valence-electron chi connectivity index (χ2n) is 4.29. The van der Waals surface area contributed by atoms with E-state index in [9.17, 15) is 0 Å². The number of rotatable bonds is 7. The molecule has 0 aliphatic carbocycles. The van der Waals surface area contributed by atoms with Crippen molar-refractivity contribution in [2.45, 2.75) is 32.4 Å². The predicted molar refractivity (Wildman–Crippen MR) is 74.4 cm³/mol. The van der Waals surface area contributed by atoms with Gasteiger partial charge in [-0.15, -0.1) is 0 Å². The van der Waals surface area contributed by atoms with Crippen molar-refractivity contribution in [2.75, 3.05) is 12.3 Å². The average molecular weight is 261 g/mol. The number of nitrogen functional groups attached to an aromatic ring is 1. The molecule has 0 amide bonds. The van der Waals surface area contributed by atoms with Crippen molar-refractivity contribution in [2.24, 2.45) is 0 Å². The molecule has 0 radical (unpaired) electrons. The third-order valence-electron chi connectivity index (χ3n) is 2.90. The van der Waals surface area contributed by atoms with Gasteiger partial charge in [0.25, 0.3) is 0 Å². The largest absolute Gasteiger partial charge is 0.382 e. The van der Waals surface area contributed by atoms with Crippen LogP contribution in [0.5, 0.6) is 0 Å². The Kier molecular flexibility index (Phi) is 4.46. The predicted octanol–water partition coefficient (Wildman–Crippen LogP) is 2.30. The Hall–Kier alpha value is -1.95. The molecule has 2 aromatic rings. The molecule has 0 aromatic carbocycles. The maximum Gasteiger partial charge on any atom is 0.167 e. The summed E-state index contributed by atoms with van der Waals surface area (Å²) in [6.45, 7) is 6.64. The van der Waals surface area contributed by atoms with Gasteiger partial charge in [-0.1, -0.05) is 26.3 Å². The minimum atomic E-state index is -0.281. The summed E-state index contributed by atoms with van der Waals surface area (Å²) in [5.74, 6) is 0.373. The molecule has 0 aliphatic heterocycles. The molecule has 0 spiro atoms. The van der Waals surface area contributed by atoms with Gasteiger partial charge in [-0.05, 0) is 12.5 Å². The second kappa shape index (κ2) is 6.29. The molecule has 19 heavy (non-hydrogen) atoms. The van der Waals surface area contributed by atoms with E-state index in [1.54, 1.807) is 12.4 Å². The van der Waals surface area contributed by atoms with Crippen molar-refractivity contribution < 1.29 is 4.74 Å². The molecule has 0 unspecified atom stereocenters. The van der Waals surface area contributed by atoms with E-state index in [1.165, 1.54) is 12.7 Å². The van der Waals surface area contributed by atoms with E-state index in [1.807, 2.05) is 4.57 Å². The van der Waals surface area contributed by atoms with E-state index in [0.717, 1.165) is 12.8 Å². The highest BCUT2D eigenvalue weighted by molar-refractivity contribution is 5.81. The monoisotopic (exact) mass is 261 g/mol. The summed E-state index contributed by atoms with van der Waals surface area (Å²) in [5, 5.41) is 0. The summed E-state index contributed by atoms with van der Waals surface area (Å²) in [4.78, 5) is 12.3. The molecule has 2 rings (SSSR count). The van der Waals surface area contributed by atoms with Crippen LogP contribution in [0, 0.1) is 0 Å². The first-order chi connectivity index (χ1) is 9.27. The second-order valence-corrected chi connectivity index (χ2v) is 4.29. The summed E-state index contributed by atoms with van der Waals surface area (Å²) in [7, 11) is 0. The normalized spacial score (nSPS) is 12.7. The molecule has 6 nitrogen and oxygen atoms in total. The van der Waals surface area contributed by atoms with Gasteiger partial charge >= 0.3 is 0 Å². The van der Waals surface area contributed by atoms with Gasteiger partial charge in [-0.2, -0.15) is 0 Å². The van der Waals surface area contributed by atoms with Gasteiger partial charge in [0.1, 0.15) is 11.8 Å². The SMILES string of the molecule is C=C[C@H](OCCCCC)n1cnc2c(N)ncnc21. The maximum atomic E-state index is 5.79. The van der Waals surface area contributed by atoms with E-state index in [-0.39, 0.29) is 6.23 Å². The minimum Gasteiger partial charge on any atom is -0.382 e. The highest BCUT2D eigenvalue weighted by Crippen LogP contribution is 2.20. The van der Waals surface area contributed by atoms with Crippen molar-refractivity contribution in [3.8, 4) is 0 Å². The lowest BCUT2D eigenvalue weighted by molar-refractivity contribution is 0.0377. The molecule has 102 valence electrons. The summed E-state index contributed by atoms with van der Waals surface area (Å²) in [6, 6.07) is 0. The number of anilines is 1. The van der Waals surface area contributed by atoms with Gasteiger partial charge in [0.05, 0.1) is 6.33 Å². The fraction of sp³-hybridized carbons (Fsp3) is 0.462. The van der Waals surface area contributed by atoms with Gasteiger partial charge in [0, 0.05) is 6.61 Å². The van der Waals surface area contributed by atoms with Crippen LogP contribution in [0.2, 0.25) is 0 Å². The van der Waals surface area contributed by atoms with Crippen LogP contribution in [0.15, 0.2) is 25.3 Å². The van der Waals surface area contributed by atoms with Crippen molar-refractivity contribution in [3.63, 3.8) is 0 Å². The van der Waals surface area contributed by atoms with E-state index in [0.29, 0.717) is 23.6 Å². The number of unbranched alkanes of at least 4 members (excludes halogenated alkanes) is 2. The third-order valence-corrected chi connectivity index (χ3v) is 2.90. The Balaban J connectivity index is 2.16. The van der Waals surface area contributed by atoms with Crippen LogP contribution < -0.4 is 5.73 Å². The fourth-order valence-electron chi connectivity index (χ4n) is 1.87. The Morgan fingerprint density at radius 1 is 1.42 bits per heavy atom. The summed E-state index contributed by atoms with van der Waals surface area (Å²) in [5.41, 5.74) is 7.01. The van der Waals surface area contributed by atoms with Crippen LogP contribution in [0.25, 0.3) is 11.2 Å². The molecule has 0 saturated carbocycles. The van der Waals surface area contributed by atoms with E-state index in [2.05, 4.69) is 28.5 Å². The van der Waals surface area contributed by atoms with Crippen LogP contribution >= 0.6 is 0 Å². The Labute approximate surface area is 112 Å². The zero-order chi connectivity index (χ0) is 13.7. The van der Waals surface area contributed by atoms with E-state index < -0.39 is 0 Å². The molecule has 0 bridgehead atoms. The van der Waals surface area contributed by atoms with E-state index >= 15 is 0 Å². The first-order valence-electron chi connectivity index (χ1n) is 6.45. The molecule has 2 aromatic heterocycles. The van der Waals surface area contributed by atoms with E-state index in [4.69, 9.17) is 10.5 Å². The fourth-order valence-corrected chi connectivity index (χ4v) is 1.87. The van der Waals surface area contributed by atoms with Crippen molar-refractivity contribution in [1.29, 1.82) is 0 Å². The standard InChI is InChI=1S/C13H19N5O/c1-3-5-6-7-19-10(4-2)18-9-17-11-12(14)15-8-16-13(11)18/h4,8-10H,2-3,5-7H2,1H3,(H2,14,15,16)/t10-/m0/s1. The number of fused-ring (bicyclic) bond motifs is 1. The van der Waals surface area contributed by atoms with Crippen molar-refractivity contribution in [3.05, 3.63) is 25.3 Å². The summed E-state index contributed by atoms with van der Waals surface area (Å²) >= 11 is 0. The first-order valence-corrected chi connectivity index (χ1v) is 6.45. The van der Waals surface area contributed by atoms with Crippen LogP contribution in [-0.4, -0.2) is 26.1 Å². The first kappa shape index (κ1) is 13.5. The number of hydrogen-bond acceptors (Lipinski definition) is 5. The Morgan fingerprint density at radius 2 is 2.26 bits per heavy atom. The number of ether oxygens (including phenoxy) is 1. The van der Waals surface area contributed by atoms with Crippen molar-refractivity contribution >= 4 is 17.0 Å². The van der Waals surface area contributed by atoms with Gasteiger partial charge in [0.15, 0.2) is 17.7 Å². The van der Waals surface area contributed by atoms with Crippen LogP contribution in [-0.2, 0) is 4.74 Å². The van der Waals surface area contributed by atoms with Gasteiger partial charge in [0.2, 0.25) is 0 Å². The topological polar surface area (TPSA) is 78.9 Å². The van der Waals surface area contributed by atoms with Gasteiger partial charge in [-0.25, -0.2) is 15.0 Å². The van der Waals surface area contributed by atoms with Crippen molar-refractivity contribution in [1.82, 2.24) is 19.5 Å². The number of nitrogens with two attached hydrogens (primary N) is 1. The molecule has 2 N–H and O–H groups in total. The molecule has 0 saturated heterocycles. The molecule has 1 atom stereocenters. The number of hydrogen-bond donors (Lipinski definition) is 1. The van der Waals surface area contributed by atoms with Crippen LogP contribution in [0.4, 0.5) is 5.82 Å². The lowest BCUT2D eigenvalue weighted by atomic mass is 10.3. The molecule has 0 aliphatic rings. The Morgan fingerprint density at radius 3 is 3.00 bits per heavy atom. The van der Waals surface area contributed by atoms with Gasteiger partial charge in [-0.3, -0.25) is 4.57 Å². The zero-order valence-electron chi connectivity index (χ0n) is 11.1. The number of imidazole rings is 1. The smallest absolute Gasteiger partial charge is 0.167 e. The molecular weight excluding hydrogens is 242 g/mol. The highest BCUT2D eigenvalue weighted by atomic mass is 16.5. The maximum absolute atomic E-state index is 5.79. The van der Waals surface area contributed by atoms with Gasteiger partial charge < -0.3 is 10.5 Å². The summed E-state index contributed by atoms with van der Waals surface area (Å²) in [6.07, 6.45) is 7.88. The molecular formula is C13H19N5O. The average Bonchev–Trinajstić information content (AvgIpc) is 2.84. The minimum absolute atomic E-state index is 0.281. The molecule has 6 heteroatoms. The quantitative estimate of drug-likeness (QED) is 0.611. The number of nitrogens with zero attached hydrogens (tertiary/aromatic N) is 4. The summed E-state index contributed by atoms with van der Waals surface area (Å²) < 4.78 is 7.60. The van der Waals surface area contributed by atoms with Crippen LogP contribution in [0.3, 0.4) is 0 Å². The molecule has 2 heterocycles. The van der Waals surface area contributed by atoms with Crippen LogP contribution in [0.1, 0.15) is 32.4 Å². The Bertz CT molecular complexity index is 551. The molecule has 0 fully saturated rings. The number of aromatic nitrogens is 4. The zero-order valence-corrected chi connectivity index (χ0v) is 11.1. The lowest BCUT2D eigenvalue weighted by Gasteiger charge is -2.15. The highest BCUT2D eigenvalue weighted by Gasteiger charge is 2.13. The third kappa shape index (κ3) is 2.90.